The standard InChI is InChI=1S/C11H8FN5O/c12-9-3-1-2-8(6-9)11-15-14-10(18-11)7-17-5-4-13-16-17/h1-6H,7H2. The molecule has 0 N–H and O–H groups in total. The van der Waals surface area contributed by atoms with E-state index < -0.39 is 0 Å². The van der Waals surface area contributed by atoms with Crippen LogP contribution in [0.25, 0.3) is 11.5 Å². The van der Waals surface area contributed by atoms with Crippen molar-refractivity contribution >= 4 is 0 Å². The van der Waals surface area contributed by atoms with Gasteiger partial charge in [0.25, 0.3) is 0 Å². The molecule has 0 aliphatic heterocycles. The second-order valence-corrected chi connectivity index (χ2v) is 3.61. The second kappa shape index (κ2) is 4.36. The molecule has 0 saturated carbocycles. The summed E-state index contributed by atoms with van der Waals surface area (Å²) < 4.78 is 20.0. The number of nitrogens with zero attached hydrogens (tertiary/aromatic N) is 5. The molecular weight excluding hydrogens is 237 g/mol. The third-order valence-corrected chi connectivity index (χ3v) is 2.31. The number of rotatable bonds is 3. The lowest BCUT2D eigenvalue weighted by atomic mass is 10.2. The van der Waals surface area contributed by atoms with E-state index >= 15 is 0 Å². The van der Waals surface area contributed by atoms with E-state index in [-0.39, 0.29) is 11.7 Å². The third kappa shape index (κ3) is 2.10. The molecule has 2 aromatic heterocycles. The average molecular weight is 245 g/mol. The monoisotopic (exact) mass is 245 g/mol. The first-order valence-electron chi connectivity index (χ1n) is 5.24. The van der Waals surface area contributed by atoms with E-state index in [1.54, 1.807) is 29.2 Å². The Labute approximate surface area is 101 Å². The molecular formula is C11H8FN5O. The molecule has 6 nitrogen and oxygen atoms in total. The highest BCUT2D eigenvalue weighted by Gasteiger charge is 2.09. The van der Waals surface area contributed by atoms with Gasteiger partial charge in [0, 0.05) is 11.8 Å². The van der Waals surface area contributed by atoms with Crippen LogP contribution in [-0.4, -0.2) is 25.2 Å². The van der Waals surface area contributed by atoms with Crippen LogP contribution in [0.3, 0.4) is 0 Å². The Kier molecular flexibility index (Phi) is 2.56. The van der Waals surface area contributed by atoms with Crippen molar-refractivity contribution in [2.45, 2.75) is 6.54 Å². The van der Waals surface area contributed by atoms with E-state index in [0.29, 0.717) is 18.0 Å². The Morgan fingerprint density at radius 2 is 2.22 bits per heavy atom. The van der Waals surface area contributed by atoms with Crippen molar-refractivity contribution in [3.8, 4) is 11.5 Å². The van der Waals surface area contributed by atoms with E-state index in [9.17, 15) is 4.39 Å². The van der Waals surface area contributed by atoms with Gasteiger partial charge in [0.05, 0.1) is 6.20 Å². The Bertz CT molecular complexity index is 649. The summed E-state index contributed by atoms with van der Waals surface area (Å²) >= 11 is 0. The smallest absolute Gasteiger partial charge is 0.247 e. The fourth-order valence-corrected chi connectivity index (χ4v) is 1.51. The summed E-state index contributed by atoms with van der Waals surface area (Å²) in [5.74, 6) is 0.327. The molecule has 90 valence electrons. The molecule has 18 heavy (non-hydrogen) atoms. The summed E-state index contributed by atoms with van der Waals surface area (Å²) in [4.78, 5) is 0. The van der Waals surface area contributed by atoms with Crippen molar-refractivity contribution in [2.75, 3.05) is 0 Å². The first kappa shape index (κ1) is 10.6. The zero-order chi connectivity index (χ0) is 12.4. The number of halogens is 1. The van der Waals surface area contributed by atoms with Gasteiger partial charge in [0.2, 0.25) is 11.8 Å². The fourth-order valence-electron chi connectivity index (χ4n) is 1.51. The van der Waals surface area contributed by atoms with Gasteiger partial charge in [0.1, 0.15) is 12.4 Å². The molecule has 0 atom stereocenters. The quantitative estimate of drug-likeness (QED) is 0.699. The minimum atomic E-state index is -0.344. The van der Waals surface area contributed by atoms with E-state index in [0.717, 1.165) is 0 Å². The SMILES string of the molecule is Fc1cccc(-c2nnc(Cn3ccnn3)o2)c1. The van der Waals surface area contributed by atoms with E-state index in [1.807, 2.05) is 0 Å². The lowest BCUT2D eigenvalue weighted by molar-refractivity contribution is 0.469. The van der Waals surface area contributed by atoms with Crippen molar-refractivity contribution in [1.82, 2.24) is 25.2 Å². The Morgan fingerprint density at radius 1 is 1.28 bits per heavy atom. The summed E-state index contributed by atoms with van der Waals surface area (Å²) in [7, 11) is 0. The van der Waals surface area contributed by atoms with Gasteiger partial charge >= 0.3 is 0 Å². The lowest BCUT2D eigenvalue weighted by Crippen LogP contribution is -2.00. The maximum atomic E-state index is 13.1. The average Bonchev–Trinajstić information content (AvgIpc) is 3.01. The van der Waals surface area contributed by atoms with Gasteiger partial charge in [-0.3, -0.25) is 0 Å². The molecule has 2 heterocycles. The molecule has 7 heteroatoms. The van der Waals surface area contributed by atoms with Gasteiger partial charge in [-0.1, -0.05) is 11.3 Å². The van der Waals surface area contributed by atoms with Gasteiger partial charge in [-0.25, -0.2) is 9.07 Å². The van der Waals surface area contributed by atoms with Crippen molar-refractivity contribution in [3.05, 3.63) is 48.4 Å². The molecule has 0 radical (unpaired) electrons. The first-order valence-corrected chi connectivity index (χ1v) is 5.24. The van der Waals surface area contributed by atoms with Gasteiger partial charge < -0.3 is 4.42 Å². The highest BCUT2D eigenvalue weighted by atomic mass is 19.1. The molecule has 0 spiro atoms. The topological polar surface area (TPSA) is 69.6 Å². The Morgan fingerprint density at radius 3 is 3.00 bits per heavy atom. The van der Waals surface area contributed by atoms with Crippen LogP contribution in [0.4, 0.5) is 4.39 Å². The Balaban J connectivity index is 1.85. The van der Waals surface area contributed by atoms with Crippen LogP contribution in [0.1, 0.15) is 5.89 Å². The van der Waals surface area contributed by atoms with E-state index in [2.05, 4.69) is 20.5 Å². The molecule has 1 aromatic carbocycles. The second-order valence-electron chi connectivity index (χ2n) is 3.61. The van der Waals surface area contributed by atoms with E-state index in [1.165, 1.54) is 12.1 Å². The maximum absolute atomic E-state index is 13.1. The molecule has 3 rings (SSSR count). The summed E-state index contributed by atoms with van der Waals surface area (Å²) in [6, 6.07) is 5.99. The number of aromatic nitrogens is 5. The molecule has 3 aromatic rings. The number of hydrogen-bond acceptors (Lipinski definition) is 5. The Hall–Kier alpha value is -2.57. The normalized spacial score (nSPS) is 10.7. The summed E-state index contributed by atoms with van der Waals surface area (Å²) in [6.45, 7) is 0.336. The van der Waals surface area contributed by atoms with Crippen LogP contribution in [0, 0.1) is 5.82 Å². The molecule has 0 aliphatic rings. The predicted molar refractivity (Wildman–Crippen MR) is 58.8 cm³/mol. The largest absolute Gasteiger partial charge is 0.419 e. The predicted octanol–water partition coefficient (Wildman–Crippen LogP) is 1.52. The van der Waals surface area contributed by atoms with Crippen molar-refractivity contribution in [2.24, 2.45) is 0 Å². The zero-order valence-electron chi connectivity index (χ0n) is 9.19. The number of benzene rings is 1. The van der Waals surface area contributed by atoms with Crippen LogP contribution in [0.15, 0.2) is 41.1 Å². The summed E-state index contributed by atoms with van der Waals surface area (Å²) in [5.41, 5.74) is 0.548. The summed E-state index contributed by atoms with van der Waals surface area (Å²) in [5, 5.41) is 15.2. The first-order chi connectivity index (χ1) is 8.81. The van der Waals surface area contributed by atoms with Crippen LogP contribution >= 0.6 is 0 Å². The van der Waals surface area contributed by atoms with Gasteiger partial charge in [0.15, 0.2) is 0 Å². The van der Waals surface area contributed by atoms with Crippen LogP contribution in [0.5, 0.6) is 0 Å². The molecule has 0 aliphatic carbocycles. The molecule has 0 fully saturated rings. The van der Waals surface area contributed by atoms with Gasteiger partial charge in [-0.2, -0.15) is 0 Å². The number of hydrogen-bond donors (Lipinski definition) is 0. The van der Waals surface area contributed by atoms with Crippen molar-refractivity contribution < 1.29 is 8.81 Å². The fraction of sp³-hybridized carbons (Fsp3) is 0.0909. The summed E-state index contributed by atoms with van der Waals surface area (Å²) in [6.07, 6.45) is 3.25. The van der Waals surface area contributed by atoms with Crippen LogP contribution in [0.2, 0.25) is 0 Å². The third-order valence-electron chi connectivity index (χ3n) is 2.31. The van der Waals surface area contributed by atoms with Crippen LogP contribution < -0.4 is 0 Å². The van der Waals surface area contributed by atoms with Gasteiger partial charge in [-0.05, 0) is 18.2 Å². The minimum Gasteiger partial charge on any atom is -0.419 e. The molecule has 0 amide bonds. The highest BCUT2D eigenvalue weighted by Crippen LogP contribution is 2.18. The highest BCUT2D eigenvalue weighted by molar-refractivity contribution is 5.52. The molecule has 0 unspecified atom stereocenters. The maximum Gasteiger partial charge on any atom is 0.247 e. The lowest BCUT2D eigenvalue weighted by Gasteiger charge is -1.95. The minimum absolute atomic E-state index is 0.282. The van der Waals surface area contributed by atoms with Crippen molar-refractivity contribution in [1.29, 1.82) is 0 Å². The molecule has 0 saturated heterocycles. The van der Waals surface area contributed by atoms with Crippen molar-refractivity contribution in [3.63, 3.8) is 0 Å². The zero-order valence-corrected chi connectivity index (χ0v) is 9.19. The molecule has 0 bridgehead atoms. The van der Waals surface area contributed by atoms with Crippen LogP contribution in [-0.2, 0) is 6.54 Å². The van der Waals surface area contributed by atoms with E-state index in [4.69, 9.17) is 4.42 Å². The van der Waals surface area contributed by atoms with Gasteiger partial charge in [-0.15, -0.1) is 15.3 Å².